The van der Waals surface area contributed by atoms with Crippen molar-refractivity contribution in [1.82, 2.24) is 10.6 Å². The van der Waals surface area contributed by atoms with E-state index in [1.54, 1.807) is 6.92 Å². The molecule has 0 radical (unpaired) electrons. The van der Waals surface area contributed by atoms with Crippen LogP contribution >= 0.6 is 0 Å². The van der Waals surface area contributed by atoms with Gasteiger partial charge in [0.15, 0.2) is 6.10 Å². The number of carbonyl (C=O) groups is 1. The van der Waals surface area contributed by atoms with Gasteiger partial charge in [-0.05, 0) is 50.9 Å². The summed E-state index contributed by atoms with van der Waals surface area (Å²) in [6.45, 7) is 10.7. The van der Waals surface area contributed by atoms with Gasteiger partial charge in [-0.25, -0.2) is 0 Å². The molecule has 21 heavy (non-hydrogen) atoms. The number of hydrogen-bond donors (Lipinski definition) is 2. The molecular weight excluding hydrogens is 264 g/mol. The molecule has 0 saturated carbocycles. The van der Waals surface area contributed by atoms with E-state index in [0.717, 1.165) is 16.9 Å². The number of benzene rings is 1. The van der Waals surface area contributed by atoms with E-state index in [2.05, 4.69) is 36.6 Å². The fraction of sp³-hybridized carbons (Fsp3) is 0.588. The van der Waals surface area contributed by atoms with E-state index in [0.29, 0.717) is 12.5 Å². The van der Waals surface area contributed by atoms with Crippen LogP contribution in [0, 0.1) is 6.92 Å². The van der Waals surface area contributed by atoms with Crippen LogP contribution in [0.3, 0.4) is 0 Å². The predicted octanol–water partition coefficient (Wildman–Crippen LogP) is 2.61. The second kappa shape index (κ2) is 8.03. The highest BCUT2D eigenvalue weighted by molar-refractivity contribution is 5.80. The zero-order valence-electron chi connectivity index (χ0n) is 14.0. The van der Waals surface area contributed by atoms with Crippen molar-refractivity contribution in [2.45, 2.75) is 52.7 Å². The minimum absolute atomic E-state index is 0.0895. The number of amides is 1. The van der Waals surface area contributed by atoms with Crippen LogP contribution in [0.5, 0.6) is 5.75 Å². The molecule has 1 aromatic carbocycles. The number of aryl methyl sites for hydroxylation is 1. The van der Waals surface area contributed by atoms with Crippen molar-refractivity contribution in [3.05, 3.63) is 29.3 Å². The summed E-state index contributed by atoms with van der Waals surface area (Å²) < 4.78 is 5.88. The largest absolute Gasteiger partial charge is 0.481 e. The third kappa shape index (κ3) is 5.38. The summed E-state index contributed by atoms with van der Waals surface area (Å²) >= 11 is 0. The van der Waals surface area contributed by atoms with Gasteiger partial charge in [-0.2, -0.15) is 0 Å². The number of nitrogens with one attached hydrogen (secondary N) is 2. The summed E-state index contributed by atoms with van der Waals surface area (Å²) in [5.74, 6) is 1.07. The normalized spacial score (nSPS) is 13.9. The number of rotatable bonds is 7. The quantitative estimate of drug-likeness (QED) is 0.812. The van der Waals surface area contributed by atoms with Crippen LogP contribution in [-0.4, -0.2) is 31.6 Å². The van der Waals surface area contributed by atoms with E-state index in [1.807, 2.05) is 27.0 Å². The molecule has 2 unspecified atom stereocenters. The molecule has 0 heterocycles. The molecule has 2 N–H and O–H groups in total. The van der Waals surface area contributed by atoms with Crippen LogP contribution < -0.4 is 15.4 Å². The lowest BCUT2D eigenvalue weighted by Crippen LogP contribution is -2.42. The minimum atomic E-state index is -0.506. The zero-order chi connectivity index (χ0) is 16.0. The maximum Gasteiger partial charge on any atom is 0.260 e. The Labute approximate surface area is 128 Å². The van der Waals surface area contributed by atoms with Gasteiger partial charge in [-0.15, -0.1) is 0 Å². The van der Waals surface area contributed by atoms with Crippen molar-refractivity contribution in [1.29, 1.82) is 0 Å². The predicted molar refractivity (Wildman–Crippen MR) is 86.9 cm³/mol. The van der Waals surface area contributed by atoms with Crippen molar-refractivity contribution in [2.75, 3.05) is 13.6 Å². The SMILES string of the molecule is CNC(C)CNC(=O)C(C)Oc1cc(C)ccc1C(C)C. The van der Waals surface area contributed by atoms with Gasteiger partial charge in [0.2, 0.25) is 0 Å². The molecular formula is C17H28N2O2. The van der Waals surface area contributed by atoms with Crippen LogP contribution in [0.2, 0.25) is 0 Å². The van der Waals surface area contributed by atoms with E-state index in [4.69, 9.17) is 4.74 Å². The van der Waals surface area contributed by atoms with Crippen molar-refractivity contribution >= 4 is 5.91 Å². The van der Waals surface area contributed by atoms with Gasteiger partial charge >= 0.3 is 0 Å². The second-order valence-electron chi connectivity index (χ2n) is 5.89. The minimum Gasteiger partial charge on any atom is -0.481 e. The number of carbonyl (C=O) groups excluding carboxylic acids is 1. The van der Waals surface area contributed by atoms with Crippen molar-refractivity contribution in [2.24, 2.45) is 0 Å². The van der Waals surface area contributed by atoms with Crippen LogP contribution in [0.25, 0.3) is 0 Å². The first-order valence-corrected chi connectivity index (χ1v) is 7.57. The topological polar surface area (TPSA) is 50.4 Å². The average molecular weight is 292 g/mol. The maximum absolute atomic E-state index is 12.1. The van der Waals surface area contributed by atoms with E-state index in [9.17, 15) is 4.79 Å². The van der Waals surface area contributed by atoms with Gasteiger partial charge in [0.05, 0.1) is 0 Å². The lowest BCUT2D eigenvalue weighted by molar-refractivity contribution is -0.127. The summed E-state index contributed by atoms with van der Waals surface area (Å²) in [7, 11) is 1.87. The Morgan fingerprint density at radius 3 is 2.48 bits per heavy atom. The highest BCUT2D eigenvalue weighted by Gasteiger charge is 2.17. The first-order chi connectivity index (χ1) is 9.85. The molecule has 0 fully saturated rings. The van der Waals surface area contributed by atoms with Crippen LogP contribution in [-0.2, 0) is 4.79 Å². The molecule has 0 aliphatic heterocycles. The summed E-state index contributed by atoms with van der Waals surface area (Å²) in [5.41, 5.74) is 2.26. The monoisotopic (exact) mass is 292 g/mol. The molecule has 0 aromatic heterocycles. The standard InChI is InChI=1S/C17H28N2O2/c1-11(2)15-8-7-12(3)9-16(15)21-14(5)17(20)19-10-13(4)18-6/h7-9,11,13-14,18H,10H2,1-6H3,(H,19,20). The van der Waals surface area contributed by atoms with Crippen LogP contribution in [0.15, 0.2) is 18.2 Å². The van der Waals surface area contributed by atoms with E-state index in [-0.39, 0.29) is 11.9 Å². The van der Waals surface area contributed by atoms with Gasteiger partial charge in [0.25, 0.3) is 5.91 Å². The molecule has 0 bridgehead atoms. The van der Waals surface area contributed by atoms with Crippen LogP contribution in [0.4, 0.5) is 0 Å². The summed E-state index contributed by atoms with van der Waals surface area (Å²) in [6, 6.07) is 6.38. The van der Waals surface area contributed by atoms with Crippen molar-refractivity contribution in [3.8, 4) is 5.75 Å². The third-order valence-corrected chi connectivity index (χ3v) is 3.54. The molecule has 0 aliphatic rings. The van der Waals surface area contributed by atoms with Crippen molar-refractivity contribution < 1.29 is 9.53 Å². The maximum atomic E-state index is 12.1. The molecule has 0 saturated heterocycles. The van der Waals surface area contributed by atoms with Crippen molar-refractivity contribution in [3.63, 3.8) is 0 Å². The van der Waals surface area contributed by atoms with Gasteiger partial charge in [-0.1, -0.05) is 26.0 Å². The summed E-state index contributed by atoms with van der Waals surface area (Å²) in [5, 5.41) is 5.98. The highest BCUT2D eigenvalue weighted by atomic mass is 16.5. The Balaban J connectivity index is 2.71. The fourth-order valence-corrected chi connectivity index (χ4v) is 1.96. The van der Waals surface area contributed by atoms with Gasteiger partial charge < -0.3 is 15.4 Å². The zero-order valence-corrected chi connectivity index (χ0v) is 14.0. The molecule has 2 atom stereocenters. The molecule has 0 spiro atoms. The Morgan fingerprint density at radius 2 is 1.90 bits per heavy atom. The van der Waals surface area contributed by atoms with Gasteiger partial charge in [-0.3, -0.25) is 4.79 Å². The lowest BCUT2D eigenvalue weighted by Gasteiger charge is -2.20. The number of hydrogen-bond acceptors (Lipinski definition) is 3. The Bertz CT molecular complexity index is 472. The molecule has 1 aromatic rings. The Kier molecular flexibility index (Phi) is 6.69. The number of likely N-dealkylation sites (N-methyl/N-ethyl adjacent to an activating group) is 1. The molecule has 1 amide bonds. The molecule has 0 aliphatic carbocycles. The van der Waals surface area contributed by atoms with Crippen LogP contribution in [0.1, 0.15) is 44.7 Å². The lowest BCUT2D eigenvalue weighted by atomic mass is 10.0. The van der Waals surface area contributed by atoms with E-state index in [1.165, 1.54) is 0 Å². The fourth-order valence-electron chi connectivity index (χ4n) is 1.96. The Hall–Kier alpha value is -1.55. The second-order valence-corrected chi connectivity index (χ2v) is 5.89. The molecule has 4 heteroatoms. The van der Waals surface area contributed by atoms with Gasteiger partial charge in [0.1, 0.15) is 5.75 Å². The van der Waals surface area contributed by atoms with E-state index < -0.39 is 6.10 Å². The summed E-state index contributed by atoms with van der Waals surface area (Å²) in [4.78, 5) is 12.1. The van der Waals surface area contributed by atoms with Gasteiger partial charge in [0, 0.05) is 12.6 Å². The smallest absolute Gasteiger partial charge is 0.260 e. The molecule has 4 nitrogen and oxygen atoms in total. The first kappa shape index (κ1) is 17.5. The van der Waals surface area contributed by atoms with E-state index >= 15 is 0 Å². The highest BCUT2D eigenvalue weighted by Crippen LogP contribution is 2.28. The molecule has 118 valence electrons. The first-order valence-electron chi connectivity index (χ1n) is 7.57. The molecule has 1 rings (SSSR count). The average Bonchev–Trinajstić information content (AvgIpc) is 2.43. The third-order valence-electron chi connectivity index (χ3n) is 3.54. The number of ether oxygens (including phenoxy) is 1. The summed E-state index contributed by atoms with van der Waals surface area (Å²) in [6.07, 6.45) is -0.506. The Morgan fingerprint density at radius 1 is 1.24 bits per heavy atom.